The second-order valence-electron chi connectivity index (χ2n) is 4.14. The number of rotatable bonds is 4. The third-order valence-electron chi connectivity index (χ3n) is 2.65. The maximum absolute atomic E-state index is 13.2. The van der Waals surface area contributed by atoms with Crippen LogP contribution in [0.3, 0.4) is 0 Å². The first-order chi connectivity index (χ1) is 8.87. The summed E-state index contributed by atoms with van der Waals surface area (Å²) in [5, 5.41) is 8.53. The van der Waals surface area contributed by atoms with Crippen molar-refractivity contribution < 1.29 is 22.7 Å². The molecule has 2 rings (SSSR count). The lowest BCUT2D eigenvalue weighted by Gasteiger charge is -2.25. The lowest BCUT2D eigenvalue weighted by atomic mass is 10.0. The molecule has 0 fully saturated rings. The van der Waals surface area contributed by atoms with Crippen molar-refractivity contribution in [2.45, 2.75) is 17.4 Å². The maximum atomic E-state index is 13.2. The minimum Gasteiger partial charge on any atom is -0.480 e. The SMILES string of the molecule is O=C(O)CS(=O)(=O)NC1CCSc2ccc(F)cc21. The van der Waals surface area contributed by atoms with Crippen molar-refractivity contribution in [3.63, 3.8) is 0 Å². The Labute approximate surface area is 114 Å². The van der Waals surface area contributed by atoms with Gasteiger partial charge in [-0.3, -0.25) is 4.79 Å². The Morgan fingerprint density at radius 1 is 1.53 bits per heavy atom. The maximum Gasteiger partial charge on any atom is 0.320 e. The van der Waals surface area contributed by atoms with Crippen LogP contribution in [0.15, 0.2) is 23.1 Å². The monoisotopic (exact) mass is 305 g/mol. The minimum atomic E-state index is -3.92. The van der Waals surface area contributed by atoms with Crippen LogP contribution in [0.2, 0.25) is 0 Å². The van der Waals surface area contributed by atoms with Crippen molar-refractivity contribution in [3.05, 3.63) is 29.6 Å². The summed E-state index contributed by atoms with van der Waals surface area (Å²) in [7, 11) is -3.92. The molecule has 1 aromatic carbocycles. The van der Waals surface area contributed by atoms with Crippen molar-refractivity contribution in [2.75, 3.05) is 11.5 Å². The highest BCUT2D eigenvalue weighted by atomic mass is 32.2. The summed E-state index contributed by atoms with van der Waals surface area (Å²) < 4.78 is 38.8. The van der Waals surface area contributed by atoms with E-state index in [2.05, 4.69) is 4.72 Å². The summed E-state index contributed by atoms with van der Waals surface area (Å²) in [6, 6.07) is 3.64. The Balaban J connectivity index is 2.24. The first-order valence-electron chi connectivity index (χ1n) is 5.51. The summed E-state index contributed by atoms with van der Waals surface area (Å²) in [6.45, 7) is 0. The molecule has 1 aromatic rings. The minimum absolute atomic E-state index is 0.441. The quantitative estimate of drug-likeness (QED) is 0.877. The van der Waals surface area contributed by atoms with Gasteiger partial charge in [-0.2, -0.15) is 0 Å². The smallest absolute Gasteiger partial charge is 0.320 e. The van der Waals surface area contributed by atoms with E-state index in [1.54, 1.807) is 6.07 Å². The molecule has 1 unspecified atom stereocenters. The molecule has 0 aliphatic carbocycles. The lowest BCUT2D eigenvalue weighted by Crippen LogP contribution is -2.34. The average Bonchev–Trinajstić information content (AvgIpc) is 2.27. The Bertz CT molecular complexity index is 603. The van der Waals surface area contributed by atoms with Gasteiger partial charge < -0.3 is 5.11 Å². The zero-order valence-corrected chi connectivity index (χ0v) is 11.4. The third kappa shape index (κ3) is 3.68. The summed E-state index contributed by atoms with van der Waals surface area (Å²) in [5.41, 5.74) is 0.560. The van der Waals surface area contributed by atoms with E-state index in [1.165, 1.54) is 23.9 Å². The van der Waals surface area contributed by atoms with E-state index < -0.39 is 33.6 Å². The summed E-state index contributed by atoms with van der Waals surface area (Å²) in [6.07, 6.45) is 0.500. The Morgan fingerprint density at radius 3 is 2.95 bits per heavy atom. The van der Waals surface area contributed by atoms with Crippen LogP contribution in [0.4, 0.5) is 4.39 Å². The standard InChI is InChI=1S/C11H12FNO4S2/c12-7-1-2-10-8(5-7)9(3-4-18-10)13-19(16,17)6-11(14)15/h1-2,5,9,13H,3-4,6H2,(H,14,15). The van der Waals surface area contributed by atoms with Crippen LogP contribution in [0.5, 0.6) is 0 Å². The number of aliphatic carboxylic acids is 1. The number of fused-ring (bicyclic) bond motifs is 1. The molecule has 0 bridgehead atoms. The number of nitrogens with one attached hydrogen (secondary N) is 1. The molecule has 19 heavy (non-hydrogen) atoms. The number of halogens is 1. The Hall–Kier alpha value is -1.12. The summed E-state index contributed by atoms with van der Waals surface area (Å²) in [5.74, 6) is -2.15. The molecule has 1 aliphatic heterocycles. The molecule has 0 spiro atoms. The number of thioether (sulfide) groups is 1. The first-order valence-corrected chi connectivity index (χ1v) is 8.15. The van der Waals surface area contributed by atoms with E-state index in [-0.39, 0.29) is 0 Å². The number of benzene rings is 1. The van der Waals surface area contributed by atoms with Crippen LogP contribution in [0.1, 0.15) is 18.0 Å². The molecule has 8 heteroatoms. The van der Waals surface area contributed by atoms with Crippen molar-refractivity contribution in [1.29, 1.82) is 0 Å². The van der Waals surface area contributed by atoms with Crippen molar-refractivity contribution in [2.24, 2.45) is 0 Å². The molecule has 104 valence electrons. The van der Waals surface area contributed by atoms with Crippen LogP contribution < -0.4 is 4.72 Å². The molecule has 0 saturated heterocycles. The van der Waals surface area contributed by atoms with Gasteiger partial charge in [-0.05, 0) is 35.9 Å². The van der Waals surface area contributed by atoms with Gasteiger partial charge in [0.1, 0.15) is 5.82 Å². The molecular formula is C11H12FNO4S2. The molecule has 1 heterocycles. The zero-order valence-electron chi connectivity index (χ0n) is 9.80. The van der Waals surface area contributed by atoms with E-state index in [0.717, 1.165) is 4.90 Å². The van der Waals surface area contributed by atoms with Crippen molar-refractivity contribution in [3.8, 4) is 0 Å². The van der Waals surface area contributed by atoms with Gasteiger partial charge in [0.15, 0.2) is 5.75 Å². The van der Waals surface area contributed by atoms with Gasteiger partial charge in [-0.25, -0.2) is 17.5 Å². The number of hydrogen-bond acceptors (Lipinski definition) is 4. The first kappa shape index (κ1) is 14.3. The van der Waals surface area contributed by atoms with Crippen LogP contribution in [-0.4, -0.2) is 31.0 Å². The van der Waals surface area contributed by atoms with E-state index >= 15 is 0 Å². The molecule has 5 nitrogen and oxygen atoms in total. The van der Waals surface area contributed by atoms with Crippen molar-refractivity contribution in [1.82, 2.24) is 4.72 Å². The van der Waals surface area contributed by atoms with Crippen LogP contribution in [0.25, 0.3) is 0 Å². The molecule has 0 saturated carbocycles. The van der Waals surface area contributed by atoms with E-state index in [0.29, 0.717) is 17.7 Å². The molecule has 0 radical (unpaired) electrons. The van der Waals surface area contributed by atoms with Crippen LogP contribution in [-0.2, 0) is 14.8 Å². The van der Waals surface area contributed by atoms with Gasteiger partial charge >= 0.3 is 5.97 Å². The topological polar surface area (TPSA) is 83.5 Å². The van der Waals surface area contributed by atoms with Gasteiger partial charge in [0, 0.05) is 10.9 Å². The van der Waals surface area contributed by atoms with Gasteiger partial charge in [-0.15, -0.1) is 11.8 Å². The molecule has 0 amide bonds. The number of carboxylic acid groups (broad SMARTS) is 1. The molecule has 0 aromatic heterocycles. The second kappa shape index (κ2) is 5.48. The lowest BCUT2D eigenvalue weighted by molar-refractivity contribution is -0.134. The van der Waals surface area contributed by atoms with E-state index in [1.807, 2.05) is 0 Å². The summed E-state index contributed by atoms with van der Waals surface area (Å²) >= 11 is 1.52. The van der Waals surface area contributed by atoms with Crippen LogP contribution in [0, 0.1) is 5.82 Å². The highest BCUT2D eigenvalue weighted by molar-refractivity contribution is 7.99. The van der Waals surface area contributed by atoms with Gasteiger partial charge in [0.2, 0.25) is 10.0 Å². The average molecular weight is 305 g/mol. The van der Waals surface area contributed by atoms with Gasteiger partial charge in [0.25, 0.3) is 0 Å². The Kier molecular flexibility index (Phi) is 4.12. The fourth-order valence-corrected chi connectivity index (χ4v) is 4.10. The molecule has 2 N–H and O–H groups in total. The van der Waals surface area contributed by atoms with Crippen LogP contribution >= 0.6 is 11.8 Å². The highest BCUT2D eigenvalue weighted by Gasteiger charge is 2.26. The number of sulfonamides is 1. The second-order valence-corrected chi connectivity index (χ2v) is 7.03. The number of hydrogen-bond donors (Lipinski definition) is 2. The van der Waals surface area contributed by atoms with Gasteiger partial charge in [0.05, 0.1) is 0 Å². The number of carbonyl (C=O) groups is 1. The normalized spacial score (nSPS) is 18.9. The molecule has 1 atom stereocenters. The highest BCUT2D eigenvalue weighted by Crippen LogP contribution is 2.36. The zero-order chi connectivity index (χ0) is 14.0. The molecule has 1 aliphatic rings. The Morgan fingerprint density at radius 2 is 2.26 bits per heavy atom. The fraction of sp³-hybridized carbons (Fsp3) is 0.364. The van der Waals surface area contributed by atoms with E-state index in [4.69, 9.17) is 5.11 Å². The largest absolute Gasteiger partial charge is 0.480 e. The van der Waals surface area contributed by atoms with Gasteiger partial charge in [-0.1, -0.05) is 0 Å². The number of carboxylic acids is 1. The predicted octanol–water partition coefficient (Wildman–Crippen LogP) is 1.37. The third-order valence-corrected chi connectivity index (χ3v) is 5.04. The predicted molar refractivity (Wildman–Crippen MR) is 69.0 cm³/mol. The fourth-order valence-electron chi connectivity index (χ4n) is 1.91. The summed E-state index contributed by atoms with van der Waals surface area (Å²) in [4.78, 5) is 11.3. The molecular weight excluding hydrogens is 293 g/mol. The van der Waals surface area contributed by atoms with E-state index in [9.17, 15) is 17.6 Å². The van der Waals surface area contributed by atoms with Crippen molar-refractivity contribution >= 4 is 27.8 Å².